The Labute approximate surface area is 183 Å². The summed E-state index contributed by atoms with van der Waals surface area (Å²) < 4.78 is 11.6. The third-order valence-electron chi connectivity index (χ3n) is 6.96. The van der Waals surface area contributed by atoms with Crippen molar-refractivity contribution < 1.29 is 19.1 Å². The van der Waals surface area contributed by atoms with Crippen molar-refractivity contribution in [1.82, 2.24) is 10.2 Å². The molecule has 0 radical (unpaired) electrons. The second-order valence-electron chi connectivity index (χ2n) is 8.88. The standard InChI is InChI=1S/C25H30N2O4/c1-27(2)23(29)26-25(17-28)22-15-21(31-20-7-5-4-6-8-20)10-9-18(22)16-24(25)13-11-19(30-3)12-14-24/h4-10,15,17,19H,11-14,16H2,1-3H3,(H,26,29). The van der Waals surface area contributed by atoms with Gasteiger partial charge >= 0.3 is 6.03 Å². The first-order chi connectivity index (χ1) is 14.9. The number of rotatable bonds is 5. The van der Waals surface area contributed by atoms with Gasteiger partial charge in [-0.2, -0.15) is 0 Å². The van der Waals surface area contributed by atoms with E-state index in [0.717, 1.165) is 55.3 Å². The highest BCUT2D eigenvalue weighted by atomic mass is 16.5. The average Bonchev–Trinajstić information content (AvgIpc) is 3.03. The van der Waals surface area contributed by atoms with Crippen LogP contribution in [0.3, 0.4) is 0 Å². The maximum atomic E-state index is 12.8. The molecule has 2 aromatic rings. The summed E-state index contributed by atoms with van der Waals surface area (Å²) in [4.78, 5) is 27.1. The topological polar surface area (TPSA) is 67.9 Å². The van der Waals surface area contributed by atoms with E-state index in [9.17, 15) is 9.59 Å². The van der Waals surface area contributed by atoms with Crippen LogP contribution in [-0.2, 0) is 21.5 Å². The number of benzene rings is 2. The van der Waals surface area contributed by atoms with Crippen molar-refractivity contribution in [2.75, 3.05) is 21.2 Å². The molecule has 0 heterocycles. The van der Waals surface area contributed by atoms with Gasteiger partial charge in [-0.05, 0) is 67.5 Å². The lowest BCUT2D eigenvalue weighted by molar-refractivity contribution is -0.120. The summed E-state index contributed by atoms with van der Waals surface area (Å²) >= 11 is 0. The molecule has 31 heavy (non-hydrogen) atoms. The van der Waals surface area contributed by atoms with Crippen molar-refractivity contribution in [3.05, 3.63) is 59.7 Å². The second-order valence-corrected chi connectivity index (χ2v) is 8.88. The minimum absolute atomic E-state index is 0.195. The molecule has 0 saturated heterocycles. The zero-order chi connectivity index (χ0) is 22.1. The van der Waals surface area contributed by atoms with Gasteiger partial charge in [0.15, 0.2) is 6.29 Å². The number of nitrogens with one attached hydrogen (secondary N) is 1. The van der Waals surface area contributed by atoms with Gasteiger partial charge in [0.25, 0.3) is 0 Å². The summed E-state index contributed by atoms with van der Waals surface area (Å²) in [7, 11) is 5.11. The third-order valence-corrected chi connectivity index (χ3v) is 6.96. The van der Waals surface area contributed by atoms with Gasteiger partial charge in [-0.15, -0.1) is 0 Å². The molecule has 0 bridgehead atoms. The molecule has 1 saturated carbocycles. The Hall–Kier alpha value is -2.86. The smallest absolute Gasteiger partial charge is 0.317 e. The van der Waals surface area contributed by atoms with Crippen LogP contribution in [0.15, 0.2) is 48.5 Å². The fourth-order valence-corrected chi connectivity index (χ4v) is 5.20. The van der Waals surface area contributed by atoms with Crippen LogP contribution in [-0.4, -0.2) is 44.5 Å². The van der Waals surface area contributed by atoms with Crippen molar-refractivity contribution in [1.29, 1.82) is 0 Å². The van der Waals surface area contributed by atoms with E-state index in [0.29, 0.717) is 5.75 Å². The number of amides is 2. The molecule has 164 valence electrons. The lowest BCUT2D eigenvalue weighted by atomic mass is 9.62. The number of carbonyl (C=O) groups is 2. The predicted molar refractivity (Wildman–Crippen MR) is 118 cm³/mol. The monoisotopic (exact) mass is 422 g/mol. The van der Waals surface area contributed by atoms with Gasteiger partial charge in [0.1, 0.15) is 17.0 Å². The largest absolute Gasteiger partial charge is 0.457 e. The fraction of sp³-hybridized carbons (Fsp3) is 0.440. The van der Waals surface area contributed by atoms with Crippen LogP contribution in [0.1, 0.15) is 36.8 Å². The van der Waals surface area contributed by atoms with Gasteiger partial charge in [0, 0.05) is 26.6 Å². The first kappa shape index (κ1) is 21.4. The van der Waals surface area contributed by atoms with Gasteiger partial charge < -0.3 is 24.5 Å². The van der Waals surface area contributed by atoms with Crippen LogP contribution >= 0.6 is 0 Å². The SMILES string of the molecule is COC1CCC2(CC1)Cc1ccc(Oc3ccccc3)cc1C2(C=O)NC(=O)N(C)C. The van der Waals surface area contributed by atoms with Crippen molar-refractivity contribution in [3.8, 4) is 11.5 Å². The molecule has 1 N–H and O–H groups in total. The van der Waals surface area contributed by atoms with E-state index in [4.69, 9.17) is 9.47 Å². The van der Waals surface area contributed by atoms with Crippen LogP contribution in [0, 0.1) is 5.41 Å². The highest BCUT2D eigenvalue weighted by Gasteiger charge is 2.59. The molecular formula is C25H30N2O4. The summed E-state index contributed by atoms with van der Waals surface area (Å²) in [5.41, 5.74) is 0.450. The molecule has 0 aromatic heterocycles. The Kier molecular flexibility index (Phi) is 5.75. The van der Waals surface area contributed by atoms with Crippen LogP contribution in [0.4, 0.5) is 4.79 Å². The summed E-state index contributed by atoms with van der Waals surface area (Å²) in [5, 5.41) is 3.10. The van der Waals surface area contributed by atoms with E-state index < -0.39 is 5.54 Å². The molecule has 2 amide bonds. The number of para-hydroxylation sites is 1. The highest BCUT2D eigenvalue weighted by molar-refractivity contribution is 5.84. The van der Waals surface area contributed by atoms with Crippen molar-refractivity contribution in [2.24, 2.45) is 5.41 Å². The number of aldehydes is 1. The summed E-state index contributed by atoms with van der Waals surface area (Å²) in [6, 6.07) is 15.2. The Bertz CT molecular complexity index is 951. The molecule has 1 spiro atoms. The maximum Gasteiger partial charge on any atom is 0.317 e. The zero-order valence-corrected chi connectivity index (χ0v) is 18.4. The molecule has 1 unspecified atom stereocenters. The molecule has 2 aliphatic rings. The highest BCUT2D eigenvalue weighted by Crippen LogP contribution is 2.57. The Morgan fingerprint density at radius 3 is 2.42 bits per heavy atom. The molecule has 4 rings (SSSR count). The van der Waals surface area contributed by atoms with E-state index in [1.165, 1.54) is 4.90 Å². The maximum absolute atomic E-state index is 12.8. The molecule has 6 heteroatoms. The van der Waals surface area contributed by atoms with E-state index >= 15 is 0 Å². The van der Waals surface area contributed by atoms with E-state index in [1.54, 1.807) is 21.2 Å². The fourth-order valence-electron chi connectivity index (χ4n) is 5.20. The summed E-state index contributed by atoms with van der Waals surface area (Å²) in [6.45, 7) is 0. The van der Waals surface area contributed by atoms with Crippen molar-refractivity contribution in [2.45, 2.75) is 43.7 Å². The number of methoxy groups -OCH3 is 1. The quantitative estimate of drug-likeness (QED) is 0.731. The first-order valence-corrected chi connectivity index (χ1v) is 10.8. The van der Waals surface area contributed by atoms with Crippen LogP contribution in [0.5, 0.6) is 11.5 Å². The Balaban J connectivity index is 1.76. The molecule has 1 fully saturated rings. The number of hydrogen-bond donors (Lipinski definition) is 1. The predicted octanol–water partition coefficient (Wildman–Crippen LogP) is 4.28. The van der Waals surface area contributed by atoms with Gasteiger partial charge in [-0.25, -0.2) is 4.79 Å². The minimum atomic E-state index is -1.10. The normalized spacial score (nSPS) is 26.9. The number of ether oxygens (including phenoxy) is 2. The molecule has 2 aliphatic carbocycles. The Morgan fingerprint density at radius 1 is 1.10 bits per heavy atom. The Morgan fingerprint density at radius 2 is 1.81 bits per heavy atom. The minimum Gasteiger partial charge on any atom is -0.457 e. The third kappa shape index (κ3) is 3.69. The number of hydrogen-bond acceptors (Lipinski definition) is 4. The number of nitrogens with zero attached hydrogens (tertiary/aromatic N) is 1. The van der Waals surface area contributed by atoms with E-state index in [-0.39, 0.29) is 17.6 Å². The zero-order valence-electron chi connectivity index (χ0n) is 18.4. The van der Waals surface area contributed by atoms with Gasteiger partial charge in [-0.1, -0.05) is 24.3 Å². The number of urea groups is 1. The van der Waals surface area contributed by atoms with Crippen molar-refractivity contribution >= 4 is 12.3 Å². The summed E-state index contributed by atoms with van der Waals surface area (Å²) in [5.74, 6) is 1.38. The van der Waals surface area contributed by atoms with Gasteiger partial charge in [0.2, 0.25) is 0 Å². The number of fused-ring (bicyclic) bond motifs is 1. The molecule has 1 atom stereocenters. The first-order valence-electron chi connectivity index (χ1n) is 10.8. The van der Waals surface area contributed by atoms with Crippen molar-refractivity contribution in [3.63, 3.8) is 0 Å². The second kappa shape index (κ2) is 8.35. The van der Waals surface area contributed by atoms with E-state index in [2.05, 4.69) is 5.32 Å². The molecule has 6 nitrogen and oxygen atoms in total. The number of carbonyl (C=O) groups excluding carboxylic acids is 2. The average molecular weight is 423 g/mol. The lowest BCUT2D eigenvalue weighted by Gasteiger charge is -2.47. The molecule has 2 aromatic carbocycles. The van der Waals surface area contributed by atoms with Crippen LogP contribution < -0.4 is 10.1 Å². The van der Waals surface area contributed by atoms with E-state index in [1.807, 2.05) is 48.5 Å². The van der Waals surface area contributed by atoms with Gasteiger partial charge in [-0.3, -0.25) is 0 Å². The van der Waals surface area contributed by atoms with Gasteiger partial charge in [0.05, 0.1) is 6.10 Å². The molecule has 0 aliphatic heterocycles. The van der Waals surface area contributed by atoms with Crippen LogP contribution in [0.2, 0.25) is 0 Å². The van der Waals surface area contributed by atoms with Crippen LogP contribution in [0.25, 0.3) is 0 Å². The molecular weight excluding hydrogens is 392 g/mol. The summed E-state index contributed by atoms with van der Waals surface area (Å²) in [6.07, 6.45) is 5.23. The lowest BCUT2D eigenvalue weighted by Crippen LogP contribution is -2.59.